The summed E-state index contributed by atoms with van der Waals surface area (Å²) in [5.74, 6) is -2.35. The van der Waals surface area contributed by atoms with Crippen LogP contribution < -0.4 is 11.1 Å². The standard InChI is InChI=1S/C17H31N3O5/c1-12(15(21)20-11-7-9-14(20)17(24)25)19-13(16(22)23)8-5-3-2-4-6-10-18/h12-14,19H,2-11,18H2,1H3,(H,22,23)(H,24,25)/t12?,13-,14?/m0/s1. The van der Waals surface area contributed by atoms with Gasteiger partial charge in [-0.1, -0.05) is 25.7 Å². The zero-order valence-electron chi connectivity index (χ0n) is 14.9. The van der Waals surface area contributed by atoms with E-state index in [9.17, 15) is 24.6 Å². The molecule has 0 aliphatic carbocycles. The Bertz CT molecular complexity index is 458. The first-order valence-corrected chi connectivity index (χ1v) is 9.10. The first-order chi connectivity index (χ1) is 11.9. The number of unbranched alkanes of at least 4 members (excludes halogenated alkanes) is 4. The molecule has 8 nitrogen and oxygen atoms in total. The number of rotatable bonds is 12. The number of hydrogen-bond donors (Lipinski definition) is 4. The average Bonchev–Trinajstić information content (AvgIpc) is 3.05. The third-order valence-electron chi connectivity index (χ3n) is 4.64. The van der Waals surface area contributed by atoms with Gasteiger partial charge >= 0.3 is 11.9 Å². The van der Waals surface area contributed by atoms with Crippen molar-refractivity contribution < 1.29 is 24.6 Å². The molecule has 144 valence electrons. The lowest BCUT2D eigenvalue weighted by Gasteiger charge is -2.27. The minimum absolute atomic E-state index is 0.348. The summed E-state index contributed by atoms with van der Waals surface area (Å²) in [6.45, 7) is 2.67. The minimum Gasteiger partial charge on any atom is -0.480 e. The Kier molecular flexibility index (Phi) is 9.44. The van der Waals surface area contributed by atoms with Crippen LogP contribution >= 0.6 is 0 Å². The molecule has 0 aromatic rings. The fraction of sp³-hybridized carbons (Fsp3) is 0.824. The van der Waals surface area contributed by atoms with Gasteiger partial charge < -0.3 is 20.8 Å². The zero-order chi connectivity index (χ0) is 18.8. The smallest absolute Gasteiger partial charge is 0.326 e. The van der Waals surface area contributed by atoms with E-state index in [1.165, 1.54) is 4.90 Å². The van der Waals surface area contributed by atoms with Crippen molar-refractivity contribution in [1.29, 1.82) is 0 Å². The summed E-state index contributed by atoms with van der Waals surface area (Å²) in [5, 5.41) is 21.4. The molecule has 0 radical (unpaired) electrons. The molecule has 2 unspecified atom stereocenters. The third-order valence-corrected chi connectivity index (χ3v) is 4.64. The van der Waals surface area contributed by atoms with E-state index in [1.807, 2.05) is 0 Å². The van der Waals surface area contributed by atoms with Gasteiger partial charge in [0.15, 0.2) is 0 Å². The Balaban J connectivity index is 2.46. The number of carbonyl (C=O) groups is 3. The second-order valence-electron chi connectivity index (χ2n) is 6.65. The quantitative estimate of drug-likeness (QED) is 0.380. The minimum atomic E-state index is -1.01. The van der Waals surface area contributed by atoms with Crippen molar-refractivity contribution in [3.05, 3.63) is 0 Å². The molecule has 8 heteroatoms. The molecule has 1 saturated heterocycles. The van der Waals surface area contributed by atoms with Crippen molar-refractivity contribution in [3.8, 4) is 0 Å². The number of aliphatic carboxylic acids is 2. The van der Waals surface area contributed by atoms with Gasteiger partial charge in [-0.05, 0) is 39.2 Å². The molecule has 3 atom stereocenters. The van der Waals surface area contributed by atoms with E-state index >= 15 is 0 Å². The first kappa shape index (κ1) is 21.4. The van der Waals surface area contributed by atoms with Gasteiger partial charge in [0.1, 0.15) is 12.1 Å². The van der Waals surface area contributed by atoms with Crippen LogP contribution in [0.2, 0.25) is 0 Å². The van der Waals surface area contributed by atoms with Crippen molar-refractivity contribution in [1.82, 2.24) is 10.2 Å². The van der Waals surface area contributed by atoms with Crippen molar-refractivity contribution in [2.75, 3.05) is 13.1 Å². The summed E-state index contributed by atoms with van der Waals surface area (Å²) in [6.07, 6.45) is 6.27. The van der Waals surface area contributed by atoms with E-state index in [0.29, 0.717) is 32.4 Å². The number of carboxylic acids is 2. The molecular weight excluding hydrogens is 326 g/mol. The maximum absolute atomic E-state index is 12.5. The Labute approximate surface area is 148 Å². The second kappa shape index (κ2) is 11.0. The normalized spacial score (nSPS) is 19.6. The Morgan fingerprint density at radius 3 is 2.40 bits per heavy atom. The lowest BCUT2D eigenvalue weighted by Crippen LogP contribution is -2.53. The van der Waals surface area contributed by atoms with E-state index in [-0.39, 0.29) is 5.91 Å². The fourth-order valence-electron chi connectivity index (χ4n) is 3.21. The average molecular weight is 357 g/mol. The van der Waals surface area contributed by atoms with Gasteiger partial charge in [-0.2, -0.15) is 0 Å². The number of nitrogens with one attached hydrogen (secondary N) is 1. The molecule has 0 spiro atoms. The van der Waals surface area contributed by atoms with Gasteiger partial charge in [-0.3, -0.25) is 14.9 Å². The molecule has 1 amide bonds. The van der Waals surface area contributed by atoms with Gasteiger partial charge in [0.25, 0.3) is 0 Å². The highest BCUT2D eigenvalue weighted by molar-refractivity contribution is 5.88. The molecule has 25 heavy (non-hydrogen) atoms. The first-order valence-electron chi connectivity index (χ1n) is 9.10. The van der Waals surface area contributed by atoms with Crippen LogP contribution in [0.15, 0.2) is 0 Å². The summed E-state index contributed by atoms with van der Waals surface area (Å²) >= 11 is 0. The lowest BCUT2D eigenvalue weighted by atomic mass is 10.1. The molecule has 0 bridgehead atoms. The SMILES string of the molecule is CC(N[C@@H](CCCCCCCN)C(=O)O)C(=O)N1CCCC1C(=O)O. The highest BCUT2D eigenvalue weighted by Crippen LogP contribution is 2.19. The van der Waals surface area contributed by atoms with E-state index in [0.717, 1.165) is 32.1 Å². The zero-order valence-corrected chi connectivity index (χ0v) is 14.9. The maximum Gasteiger partial charge on any atom is 0.326 e. The predicted octanol–water partition coefficient (Wildman–Crippen LogP) is 0.793. The third kappa shape index (κ3) is 6.99. The molecule has 1 rings (SSSR count). The highest BCUT2D eigenvalue weighted by atomic mass is 16.4. The summed E-state index contributed by atoms with van der Waals surface area (Å²) in [7, 11) is 0. The van der Waals surface area contributed by atoms with E-state index in [2.05, 4.69) is 5.32 Å². The van der Waals surface area contributed by atoms with Crippen molar-refractivity contribution in [2.45, 2.75) is 76.4 Å². The van der Waals surface area contributed by atoms with E-state index in [4.69, 9.17) is 5.73 Å². The van der Waals surface area contributed by atoms with Crippen LogP contribution in [0.5, 0.6) is 0 Å². The monoisotopic (exact) mass is 357 g/mol. The van der Waals surface area contributed by atoms with Crippen LogP contribution in [0.4, 0.5) is 0 Å². The topological polar surface area (TPSA) is 133 Å². The van der Waals surface area contributed by atoms with Crippen LogP contribution in [0.1, 0.15) is 58.3 Å². The number of likely N-dealkylation sites (tertiary alicyclic amines) is 1. The van der Waals surface area contributed by atoms with Gasteiger partial charge in [-0.25, -0.2) is 4.79 Å². The Morgan fingerprint density at radius 2 is 1.80 bits per heavy atom. The molecule has 1 fully saturated rings. The van der Waals surface area contributed by atoms with Crippen LogP contribution in [0, 0.1) is 0 Å². The Morgan fingerprint density at radius 1 is 1.16 bits per heavy atom. The largest absolute Gasteiger partial charge is 0.480 e. The van der Waals surface area contributed by atoms with Gasteiger partial charge in [-0.15, -0.1) is 0 Å². The molecule has 5 N–H and O–H groups in total. The molecule has 1 heterocycles. The highest BCUT2D eigenvalue weighted by Gasteiger charge is 2.36. The number of hydrogen-bond acceptors (Lipinski definition) is 5. The van der Waals surface area contributed by atoms with Gasteiger partial charge in [0.05, 0.1) is 6.04 Å². The molecule has 0 aromatic heterocycles. The predicted molar refractivity (Wildman–Crippen MR) is 93.1 cm³/mol. The molecule has 1 aliphatic rings. The second-order valence-corrected chi connectivity index (χ2v) is 6.65. The van der Waals surface area contributed by atoms with Crippen LogP contribution in [0.25, 0.3) is 0 Å². The number of amides is 1. The molecular formula is C17H31N3O5. The summed E-state index contributed by atoms with van der Waals surface area (Å²) in [4.78, 5) is 36.4. The number of carboxylic acid groups (broad SMARTS) is 2. The van der Waals surface area contributed by atoms with Crippen molar-refractivity contribution >= 4 is 17.8 Å². The van der Waals surface area contributed by atoms with Gasteiger partial charge in [0, 0.05) is 6.54 Å². The maximum atomic E-state index is 12.5. The number of nitrogens with two attached hydrogens (primary N) is 1. The van der Waals surface area contributed by atoms with E-state index in [1.54, 1.807) is 6.92 Å². The summed E-state index contributed by atoms with van der Waals surface area (Å²) in [5.41, 5.74) is 5.43. The van der Waals surface area contributed by atoms with Crippen molar-refractivity contribution in [3.63, 3.8) is 0 Å². The van der Waals surface area contributed by atoms with E-state index < -0.39 is 30.1 Å². The molecule has 0 aromatic carbocycles. The van der Waals surface area contributed by atoms with Crippen molar-refractivity contribution in [2.24, 2.45) is 5.73 Å². The number of nitrogens with zero attached hydrogens (tertiary/aromatic N) is 1. The fourth-order valence-corrected chi connectivity index (χ4v) is 3.21. The summed E-state index contributed by atoms with van der Waals surface area (Å²) in [6, 6.07) is -2.33. The summed E-state index contributed by atoms with van der Waals surface area (Å²) < 4.78 is 0. The lowest BCUT2D eigenvalue weighted by molar-refractivity contribution is -0.149. The number of carbonyl (C=O) groups excluding carboxylic acids is 1. The molecule has 1 aliphatic heterocycles. The molecule has 0 saturated carbocycles. The van der Waals surface area contributed by atoms with Gasteiger partial charge in [0.2, 0.25) is 5.91 Å². The Hall–Kier alpha value is -1.67. The van der Waals surface area contributed by atoms with Crippen LogP contribution in [0.3, 0.4) is 0 Å². The van der Waals surface area contributed by atoms with Crippen LogP contribution in [-0.2, 0) is 14.4 Å². The van der Waals surface area contributed by atoms with Crippen LogP contribution in [-0.4, -0.2) is 64.2 Å².